The lowest BCUT2D eigenvalue weighted by molar-refractivity contribution is -0.145. The topological polar surface area (TPSA) is 161 Å². The Morgan fingerprint density at radius 3 is 1.28 bits per heavy atom. The Balaban J connectivity index is 2.60. The number of carbonyl (C=O) groups excluding carboxylic acids is 4. The van der Waals surface area contributed by atoms with Crippen LogP contribution in [-0.4, -0.2) is 56.6 Å². The summed E-state index contributed by atoms with van der Waals surface area (Å²) in [6.45, 7) is 0. The smallest absolute Gasteiger partial charge is 0.191 e. The van der Waals surface area contributed by atoms with E-state index in [1.807, 2.05) is 0 Å². The van der Waals surface area contributed by atoms with E-state index >= 15 is 0 Å². The fourth-order valence-electron chi connectivity index (χ4n) is 2.49. The Labute approximate surface area is 101 Å². The van der Waals surface area contributed by atoms with E-state index < -0.39 is 59.3 Å². The molecule has 8 heteroatoms. The van der Waals surface area contributed by atoms with Crippen molar-refractivity contribution in [2.24, 2.45) is 11.5 Å². The molecule has 0 heterocycles. The zero-order valence-corrected chi connectivity index (χ0v) is 9.25. The minimum atomic E-state index is -2.59. The van der Waals surface area contributed by atoms with Crippen LogP contribution in [-0.2, 0) is 19.2 Å². The molecular weight excluding hydrogens is 244 g/mol. The number of ketones is 4. The van der Waals surface area contributed by atoms with Crippen LogP contribution < -0.4 is 11.5 Å². The van der Waals surface area contributed by atoms with E-state index in [4.69, 9.17) is 11.5 Å². The normalized spacial score (nSPS) is 45.1. The van der Waals surface area contributed by atoms with Crippen molar-refractivity contribution in [3.63, 3.8) is 0 Å². The minimum absolute atomic E-state index is 0.592. The summed E-state index contributed by atoms with van der Waals surface area (Å²) in [6.07, 6.45) is -4.54. The van der Waals surface area contributed by atoms with Crippen LogP contribution in [0.2, 0.25) is 0 Å². The highest BCUT2D eigenvalue weighted by Crippen LogP contribution is 2.36. The molecular formula is C10H12N2O6. The molecule has 0 aromatic rings. The summed E-state index contributed by atoms with van der Waals surface area (Å²) in [7, 11) is 0. The molecule has 6 N–H and O–H groups in total. The fraction of sp³-hybridized carbons (Fsp3) is 0.600. The summed E-state index contributed by atoms with van der Waals surface area (Å²) in [4.78, 5) is 47.0. The third-order valence-corrected chi connectivity index (χ3v) is 3.64. The second-order valence-corrected chi connectivity index (χ2v) is 4.63. The van der Waals surface area contributed by atoms with E-state index in [0.717, 1.165) is 0 Å². The highest BCUT2D eigenvalue weighted by molar-refractivity contribution is 6.33. The summed E-state index contributed by atoms with van der Waals surface area (Å²) in [6, 6.07) is 0. The molecule has 0 aromatic carbocycles. The van der Waals surface area contributed by atoms with Crippen molar-refractivity contribution in [3.05, 3.63) is 0 Å². The average Bonchev–Trinajstić information content (AvgIpc) is 2.62. The van der Waals surface area contributed by atoms with E-state index in [1.54, 1.807) is 0 Å². The lowest BCUT2D eigenvalue weighted by Gasteiger charge is -2.34. The Bertz CT molecular complexity index is 445. The van der Waals surface area contributed by atoms with Gasteiger partial charge in [-0.3, -0.25) is 19.2 Å². The molecule has 8 nitrogen and oxygen atoms in total. The van der Waals surface area contributed by atoms with E-state index in [0.29, 0.717) is 0 Å². The van der Waals surface area contributed by atoms with Crippen LogP contribution in [0.3, 0.4) is 0 Å². The molecule has 0 aromatic heterocycles. The van der Waals surface area contributed by atoms with Gasteiger partial charge in [-0.05, 0) is 0 Å². The lowest BCUT2D eigenvalue weighted by Crippen LogP contribution is -2.77. The van der Waals surface area contributed by atoms with Crippen molar-refractivity contribution in [2.45, 2.75) is 36.1 Å². The summed E-state index contributed by atoms with van der Waals surface area (Å²) < 4.78 is 0. The molecule has 2 rings (SSSR count). The predicted molar refractivity (Wildman–Crippen MR) is 55.1 cm³/mol. The molecule has 0 saturated heterocycles. The number of aliphatic hydroxyl groups is 2. The molecule has 0 aliphatic heterocycles. The zero-order chi connectivity index (χ0) is 13.9. The van der Waals surface area contributed by atoms with Gasteiger partial charge in [0.15, 0.2) is 34.2 Å². The predicted octanol–water partition coefficient (Wildman–Crippen LogP) is -3.81. The second-order valence-electron chi connectivity index (χ2n) is 4.63. The molecule has 0 spiro atoms. The van der Waals surface area contributed by atoms with Crippen LogP contribution in [0.4, 0.5) is 0 Å². The Kier molecular flexibility index (Phi) is 2.53. The number of nitrogens with two attached hydrogens (primary N) is 2. The summed E-state index contributed by atoms with van der Waals surface area (Å²) in [5.74, 6) is -4.27. The SMILES string of the molecule is NC1(C2(N)C(=O)CC(O)C2=O)C(=O)CC(O)C1=O. The molecule has 2 aliphatic rings. The molecule has 0 bridgehead atoms. The molecule has 0 amide bonds. The van der Waals surface area contributed by atoms with Gasteiger partial charge in [0.1, 0.15) is 12.2 Å². The quantitative estimate of drug-likeness (QED) is 0.347. The number of rotatable bonds is 1. The number of Topliss-reactive ketones (excluding diaryl/α,β-unsaturated/α-hetero) is 4. The first kappa shape index (κ1) is 13.0. The van der Waals surface area contributed by atoms with Crippen LogP contribution >= 0.6 is 0 Å². The Hall–Kier alpha value is -1.48. The van der Waals surface area contributed by atoms with Crippen LogP contribution in [0.1, 0.15) is 12.8 Å². The highest BCUT2D eigenvalue weighted by atomic mass is 16.3. The van der Waals surface area contributed by atoms with Gasteiger partial charge in [0, 0.05) is 12.8 Å². The van der Waals surface area contributed by atoms with Crippen LogP contribution in [0.25, 0.3) is 0 Å². The summed E-state index contributed by atoms with van der Waals surface area (Å²) in [5.41, 5.74) is 5.99. The number of carbonyl (C=O) groups is 4. The van der Waals surface area contributed by atoms with Crippen molar-refractivity contribution >= 4 is 23.1 Å². The third-order valence-electron chi connectivity index (χ3n) is 3.64. The van der Waals surface area contributed by atoms with Gasteiger partial charge in [0.2, 0.25) is 0 Å². The molecule has 4 unspecified atom stereocenters. The first-order valence-electron chi connectivity index (χ1n) is 5.26. The maximum atomic E-state index is 11.8. The van der Waals surface area contributed by atoms with Gasteiger partial charge in [0.25, 0.3) is 0 Å². The maximum absolute atomic E-state index is 11.8. The number of hydrogen-bond donors (Lipinski definition) is 4. The van der Waals surface area contributed by atoms with Crippen molar-refractivity contribution in [1.29, 1.82) is 0 Å². The highest BCUT2D eigenvalue weighted by Gasteiger charge is 2.71. The van der Waals surface area contributed by atoms with Gasteiger partial charge in [0.05, 0.1) is 0 Å². The van der Waals surface area contributed by atoms with E-state index in [-0.39, 0.29) is 0 Å². The van der Waals surface area contributed by atoms with E-state index in [1.165, 1.54) is 0 Å². The van der Waals surface area contributed by atoms with Crippen molar-refractivity contribution in [1.82, 2.24) is 0 Å². The van der Waals surface area contributed by atoms with Gasteiger partial charge in [-0.1, -0.05) is 0 Å². The van der Waals surface area contributed by atoms with Gasteiger partial charge < -0.3 is 21.7 Å². The molecule has 98 valence electrons. The number of aliphatic hydroxyl groups excluding tert-OH is 2. The van der Waals surface area contributed by atoms with Crippen molar-refractivity contribution < 1.29 is 29.4 Å². The first-order chi connectivity index (χ1) is 8.17. The monoisotopic (exact) mass is 256 g/mol. The Morgan fingerprint density at radius 2 is 1.11 bits per heavy atom. The maximum Gasteiger partial charge on any atom is 0.191 e. The standard InChI is InChI=1S/C10H12N2O6/c11-9(5(15)1-3(13)7(9)17)10(12)6(16)2-4(14)8(10)18/h3-4,13-14H,1-2,11-12H2. The van der Waals surface area contributed by atoms with E-state index in [9.17, 15) is 29.4 Å². The molecule has 2 fully saturated rings. The Morgan fingerprint density at radius 1 is 0.833 bits per heavy atom. The molecule has 2 aliphatic carbocycles. The zero-order valence-electron chi connectivity index (χ0n) is 9.25. The first-order valence-corrected chi connectivity index (χ1v) is 5.26. The molecule has 2 saturated carbocycles. The molecule has 4 atom stereocenters. The minimum Gasteiger partial charge on any atom is -0.385 e. The number of hydrogen-bond acceptors (Lipinski definition) is 8. The van der Waals surface area contributed by atoms with Gasteiger partial charge in [-0.15, -0.1) is 0 Å². The third kappa shape index (κ3) is 1.18. The van der Waals surface area contributed by atoms with Crippen LogP contribution in [0.5, 0.6) is 0 Å². The van der Waals surface area contributed by atoms with Gasteiger partial charge >= 0.3 is 0 Å². The summed E-state index contributed by atoms with van der Waals surface area (Å²) in [5, 5.41) is 18.7. The van der Waals surface area contributed by atoms with Gasteiger partial charge in [-0.25, -0.2) is 0 Å². The fourth-order valence-corrected chi connectivity index (χ4v) is 2.49. The van der Waals surface area contributed by atoms with Crippen LogP contribution in [0, 0.1) is 0 Å². The van der Waals surface area contributed by atoms with E-state index in [2.05, 4.69) is 0 Å². The largest absolute Gasteiger partial charge is 0.385 e. The molecule has 0 radical (unpaired) electrons. The second kappa shape index (κ2) is 3.51. The molecule has 18 heavy (non-hydrogen) atoms. The van der Waals surface area contributed by atoms with Crippen LogP contribution in [0.15, 0.2) is 0 Å². The lowest BCUT2D eigenvalue weighted by atomic mass is 9.72. The van der Waals surface area contributed by atoms with Crippen molar-refractivity contribution in [3.8, 4) is 0 Å². The average molecular weight is 256 g/mol. The summed E-state index contributed by atoms with van der Waals surface area (Å²) >= 11 is 0. The van der Waals surface area contributed by atoms with Gasteiger partial charge in [-0.2, -0.15) is 0 Å². The van der Waals surface area contributed by atoms with Crippen molar-refractivity contribution in [2.75, 3.05) is 0 Å².